The van der Waals surface area contributed by atoms with Gasteiger partial charge in [0.15, 0.2) is 0 Å². The highest BCUT2D eigenvalue weighted by Gasteiger charge is 2.16. The molecule has 1 unspecified atom stereocenters. The van der Waals surface area contributed by atoms with E-state index in [0.29, 0.717) is 6.10 Å². The van der Waals surface area contributed by atoms with Crippen LogP contribution in [0.25, 0.3) is 0 Å². The van der Waals surface area contributed by atoms with Gasteiger partial charge in [0.05, 0.1) is 23.2 Å². The predicted molar refractivity (Wildman–Crippen MR) is 55.5 cm³/mol. The minimum absolute atomic E-state index is 0.378. The van der Waals surface area contributed by atoms with E-state index >= 15 is 0 Å². The quantitative estimate of drug-likeness (QED) is 0.770. The van der Waals surface area contributed by atoms with Crippen LogP contribution >= 0.6 is 0 Å². The van der Waals surface area contributed by atoms with Crippen LogP contribution in [0, 0.1) is 13.8 Å². The minimum Gasteiger partial charge on any atom is -0.379 e. The maximum Gasteiger partial charge on any atom is 0.0825 e. The van der Waals surface area contributed by atoms with Crippen LogP contribution in [0.15, 0.2) is 0 Å². The third-order valence-corrected chi connectivity index (χ3v) is 2.66. The van der Waals surface area contributed by atoms with Crippen LogP contribution in [0.1, 0.15) is 24.2 Å². The second kappa shape index (κ2) is 4.00. The summed E-state index contributed by atoms with van der Waals surface area (Å²) < 4.78 is 5.54. The number of aromatic nitrogens is 2. The van der Waals surface area contributed by atoms with Crippen molar-refractivity contribution in [1.82, 2.24) is 10.2 Å². The molecule has 2 rings (SSSR count). The number of rotatable bonds is 3. The summed E-state index contributed by atoms with van der Waals surface area (Å²) >= 11 is 0. The van der Waals surface area contributed by atoms with Crippen molar-refractivity contribution < 1.29 is 4.74 Å². The zero-order chi connectivity index (χ0) is 9.97. The van der Waals surface area contributed by atoms with Crippen LogP contribution in [-0.2, 0) is 4.74 Å². The Balaban J connectivity index is 1.90. The molecule has 0 spiro atoms. The molecule has 14 heavy (non-hydrogen) atoms. The van der Waals surface area contributed by atoms with Crippen LogP contribution in [0.5, 0.6) is 0 Å². The zero-order valence-corrected chi connectivity index (χ0v) is 8.76. The summed E-state index contributed by atoms with van der Waals surface area (Å²) in [7, 11) is 0. The van der Waals surface area contributed by atoms with Gasteiger partial charge in [-0.05, 0) is 26.7 Å². The second-order valence-electron chi connectivity index (χ2n) is 3.82. The summed E-state index contributed by atoms with van der Waals surface area (Å²) in [5, 5.41) is 10.5. The van der Waals surface area contributed by atoms with Gasteiger partial charge in [0, 0.05) is 13.2 Å². The lowest BCUT2D eigenvalue weighted by atomic mass is 10.2. The lowest BCUT2D eigenvalue weighted by molar-refractivity contribution is 0.120. The Kier molecular flexibility index (Phi) is 2.72. The number of hydrogen-bond acceptors (Lipinski definition) is 3. The first kappa shape index (κ1) is 9.52. The number of ether oxygens (including phenoxy) is 1. The van der Waals surface area contributed by atoms with Gasteiger partial charge in [-0.3, -0.25) is 5.10 Å². The molecule has 0 amide bonds. The van der Waals surface area contributed by atoms with Crippen molar-refractivity contribution in [2.45, 2.75) is 32.8 Å². The molecule has 2 N–H and O–H groups in total. The monoisotopic (exact) mass is 195 g/mol. The zero-order valence-electron chi connectivity index (χ0n) is 8.76. The first-order valence-electron chi connectivity index (χ1n) is 5.14. The molecule has 4 nitrogen and oxygen atoms in total. The molecule has 78 valence electrons. The number of anilines is 1. The molecule has 1 aromatic heterocycles. The molecule has 0 bridgehead atoms. The molecular weight excluding hydrogens is 178 g/mol. The van der Waals surface area contributed by atoms with Crippen molar-refractivity contribution in [3.8, 4) is 0 Å². The lowest BCUT2D eigenvalue weighted by Gasteiger charge is -2.11. The van der Waals surface area contributed by atoms with Crippen LogP contribution in [0.3, 0.4) is 0 Å². The van der Waals surface area contributed by atoms with Crippen molar-refractivity contribution >= 4 is 5.69 Å². The van der Waals surface area contributed by atoms with Crippen LogP contribution in [0.4, 0.5) is 5.69 Å². The van der Waals surface area contributed by atoms with Crippen LogP contribution in [0.2, 0.25) is 0 Å². The van der Waals surface area contributed by atoms with E-state index in [4.69, 9.17) is 4.74 Å². The average Bonchev–Trinajstić information content (AvgIpc) is 2.76. The van der Waals surface area contributed by atoms with E-state index in [-0.39, 0.29) is 0 Å². The van der Waals surface area contributed by atoms with Gasteiger partial charge < -0.3 is 10.1 Å². The highest BCUT2D eigenvalue weighted by atomic mass is 16.5. The van der Waals surface area contributed by atoms with Gasteiger partial charge in [0.1, 0.15) is 0 Å². The molecule has 1 saturated heterocycles. The van der Waals surface area contributed by atoms with E-state index in [1.165, 1.54) is 12.8 Å². The number of nitrogens with one attached hydrogen (secondary N) is 2. The number of aromatic amines is 1. The first-order chi connectivity index (χ1) is 6.77. The topological polar surface area (TPSA) is 49.9 Å². The molecule has 1 aliphatic rings. The van der Waals surface area contributed by atoms with E-state index in [1.54, 1.807) is 0 Å². The van der Waals surface area contributed by atoms with E-state index in [9.17, 15) is 0 Å². The van der Waals surface area contributed by atoms with Crippen molar-refractivity contribution in [3.63, 3.8) is 0 Å². The fraction of sp³-hybridized carbons (Fsp3) is 0.700. The predicted octanol–water partition coefficient (Wildman–Crippen LogP) is 1.62. The molecule has 0 radical (unpaired) electrons. The standard InChI is InChI=1S/C10H17N3O/c1-7-10(8(2)13-12-7)11-6-9-4-3-5-14-9/h9,11H,3-6H2,1-2H3,(H,12,13). The Hall–Kier alpha value is -1.03. The largest absolute Gasteiger partial charge is 0.379 e. The fourth-order valence-corrected chi connectivity index (χ4v) is 1.83. The summed E-state index contributed by atoms with van der Waals surface area (Å²) in [6.45, 7) is 5.83. The van der Waals surface area contributed by atoms with E-state index in [1.807, 2.05) is 13.8 Å². The smallest absolute Gasteiger partial charge is 0.0825 e. The summed E-state index contributed by atoms with van der Waals surface area (Å²) in [6.07, 6.45) is 2.74. The maximum atomic E-state index is 5.54. The van der Waals surface area contributed by atoms with Gasteiger partial charge in [-0.25, -0.2) is 0 Å². The molecule has 1 aromatic rings. The van der Waals surface area contributed by atoms with Crippen molar-refractivity contribution in [1.29, 1.82) is 0 Å². The molecule has 0 saturated carbocycles. The highest BCUT2D eigenvalue weighted by molar-refractivity contribution is 5.51. The summed E-state index contributed by atoms with van der Waals surface area (Å²) in [5.41, 5.74) is 3.25. The normalized spacial score (nSPS) is 21.4. The van der Waals surface area contributed by atoms with E-state index in [2.05, 4.69) is 15.5 Å². The summed E-state index contributed by atoms with van der Waals surface area (Å²) in [6, 6.07) is 0. The third-order valence-electron chi connectivity index (χ3n) is 2.66. The lowest BCUT2D eigenvalue weighted by Crippen LogP contribution is -2.18. The number of nitrogens with zero attached hydrogens (tertiary/aromatic N) is 1. The third kappa shape index (κ3) is 1.90. The maximum absolute atomic E-state index is 5.54. The molecule has 0 aliphatic carbocycles. The number of aryl methyl sites for hydroxylation is 2. The molecule has 0 aromatic carbocycles. The van der Waals surface area contributed by atoms with Crippen molar-refractivity contribution in [2.24, 2.45) is 0 Å². The fourth-order valence-electron chi connectivity index (χ4n) is 1.83. The Labute approximate surface area is 84.0 Å². The first-order valence-corrected chi connectivity index (χ1v) is 5.14. The van der Waals surface area contributed by atoms with Gasteiger partial charge in [-0.1, -0.05) is 0 Å². The van der Waals surface area contributed by atoms with Crippen LogP contribution < -0.4 is 5.32 Å². The summed E-state index contributed by atoms with van der Waals surface area (Å²) in [5.74, 6) is 0. The van der Waals surface area contributed by atoms with Crippen LogP contribution in [-0.4, -0.2) is 29.5 Å². The molecular formula is C10H17N3O. The van der Waals surface area contributed by atoms with Crippen molar-refractivity contribution in [2.75, 3.05) is 18.5 Å². The Morgan fingerprint density at radius 3 is 3.00 bits per heavy atom. The van der Waals surface area contributed by atoms with Crippen molar-refractivity contribution in [3.05, 3.63) is 11.4 Å². The molecule has 2 heterocycles. The van der Waals surface area contributed by atoms with Gasteiger partial charge in [0.25, 0.3) is 0 Å². The Morgan fingerprint density at radius 1 is 1.57 bits per heavy atom. The van der Waals surface area contributed by atoms with Gasteiger partial charge in [-0.15, -0.1) is 0 Å². The molecule has 1 atom stereocenters. The molecule has 1 fully saturated rings. The number of hydrogen-bond donors (Lipinski definition) is 2. The second-order valence-corrected chi connectivity index (χ2v) is 3.82. The Bertz CT molecular complexity index is 283. The number of H-pyrrole nitrogens is 1. The SMILES string of the molecule is Cc1n[nH]c(C)c1NCC1CCCO1. The molecule has 4 heteroatoms. The van der Waals surface area contributed by atoms with Gasteiger partial charge in [0.2, 0.25) is 0 Å². The van der Waals surface area contributed by atoms with Gasteiger partial charge in [-0.2, -0.15) is 5.10 Å². The minimum atomic E-state index is 0.378. The Morgan fingerprint density at radius 2 is 2.43 bits per heavy atom. The average molecular weight is 195 g/mol. The van der Waals surface area contributed by atoms with E-state index in [0.717, 1.165) is 30.2 Å². The molecule has 1 aliphatic heterocycles. The van der Waals surface area contributed by atoms with Gasteiger partial charge >= 0.3 is 0 Å². The summed E-state index contributed by atoms with van der Waals surface area (Å²) in [4.78, 5) is 0. The van der Waals surface area contributed by atoms with E-state index < -0.39 is 0 Å². The highest BCUT2D eigenvalue weighted by Crippen LogP contribution is 2.18.